The molecule has 27 heavy (non-hydrogen) atoms. The predicted octanol–water partition coefficient (Wildman–Crippen LogP) is 5.46. The molecule has 2 amide bonds. The number of nitrogens with one attached hydrogen (secondary N) is 1. The Morgan fingerprint density at radius 2 is 1.81 bits per heavy atom. The number of carbonyl (C=O) groups excluding carboxylic acids is 2. The first-order valence-electron chi connectivity index (χ1n) is 8.22. The quantitative estimate of drug-likeness (QED) is 0.503. The van der Waals surface area contributed by atoms with Gasteiger partial charge in [-0.05, 0) is 53.9 Å². The third-order valence-corrected chi connectivity index (χ3v) is 6.32. The molecule has 2 heterocycles. The van der Waals surface area contributed by atoms with Gasteiger partial charge in [0.1, 0.15) is 6.54 Å². The number of carbonyl (C=O) groups is 2. The molecular formula is C20H14Br2N2O2S. The van der Waals surface area contributed by atoms with Gasteiger partial charge in [0.2, 0.25) is 5.91 Å². The van der Waals surface area contributed by atoms with E-state index in [0.29, 0.717) is 5.56 Å². The Bertz CT molecular complexity index is 1000. The van der Waals surface area contributed by atoms with E-state index in [0.717, 1.165) is 25.1 Å². The van der Waals surface area contributed by atoms with Crippen LogP contribution in [0.3, 0.4) is 0 Å². The molecule has 0 spiro atoms. The minimum atomic E-state index is -0.340. The standard InChI is InChI=1S/C20H14Br2N2O2S/c21-13-5-3-12(4-6-13)20(26)24-11-18(25)23-16-8-7-14(22)10-15(16)19(24)17-2-1-9-27-17/h1-10,19H,11H2,(H,23,25). The van der Waals surface area contributed by atoms with E-state index in [1.165, 1.54) is 0 Å². The summed E-state index contributed by atoms with van der Waals surface area (Å²) < 4.78 is 1.80. The van der Waals surface area contributed by atoms with Crippen LogP contribution in [0.1, 0.15) is 26.8 Å². The maximum atomic E-state index is 13.3. The lowest BCUT2D eigenvalue weighted by Crippen LogP contribution is -2.38. The molecule has 2 aromatic carbocycles. The van der Waals surface area contributed by atoms with E-state index in [2.05, 4.69) is 37.2 Å². The molecule has 1 N–H and O–H groups in total. The number of anilines is 1. The van der Waals surface area contributed by atoms with Crippen molar-refractivity contribution in [1.29, 1.82) is 0 Å². The van der Waals surface area contributed by atoms with Crippen LogP contribution < -0.4 is 5.32 Å². The Morgan fingerprint density at radius 1 is 1.07 bits per heavy atom. The molecule has 1 unspecified atom stereocenters. The summed E-state index contributed by atoms with van der Waals surface area (Å²) in [5.74, 6) is -0.382. The molecule has 1 atom stereocenters. The van der Waals surface area contributed by atoms with Gasteiger partial charge < -0.3 is 10.2 Å². The fourth-order valence-electron chi connectivity index (χ4n) is 3.18. The van der Waals surface area contributed by atoms with Crippen molar-refractivity contribution in [3.8, 4) is 0 Å². The van der Waals surface area contributed by atoms with Gasteiger partial charge in [-0.25, -0.2) is 0 Å². The van der Waals surface area contributed by atoms with Gasteiger partial charge in [-0.3, -0.25) is 9.59 Å². The molecule has 1 aliphatic heterocycles. The molecule has 0 aliphatic carbocycles. The number of thiophene rings is 1. The zero-order valence-electron chi connectivity index (χ0n) is 14.0. The molecule has 0 bridgehead atoms. The highest BCUT2D eigenvalue weighted by Crippen LogP contribution is 2.39. The first kappa shape index (κ1) is 18.4. The van der Waals surface area contributed by atoms with Crippen LogP contribution >= 0.6 is 43.2 Å². The van der Waals surface area contributed by atoms with Crippen LogP contribution in [0.25, 0.3) is 0 Å². The molecule has 0 radical (unpaired) electrons. The number of amides is 2. The first-order chi connectivity index (χ1) is 13.0. The summed E-state index contributed by atoms with van der Waals surface area (Å²) in [6.07, 6.45) is 0. The normalized spacial score (nSPS) is 16.4. The Morgan fingerprint density at radius 3 is 2.52 bits per heavy atom. The molecule has 3 aromatic rings. The lowest BCUT2D eigenvalue weighted by molar-refractivity contribution is -0.117. The van der Waals surface area contributed by atoms with Crippen LogP contribution in [0.2, 0.25) is 0 Å². The predicted molar refractivity (Wildman–Crippen MR) is 114 cm³/mol. The molecule has 0 fully saturated rings. The highest BCUT2D eigenvalue weighted by molar-refractivity contribution is 9.10. The molecular weight excluding hydrogens is 492 g/mol. The molecule has 1 aliphatic rings. The first-order valence-corrected chi connectivity index (χ1v) is 10.7. The van der Waals surface area contributed by atoms with Crippen molar-refractivity contribution in [3.05, 3.63) is 84.9 Å². The number of nitrogens with zero attached hydrogens (tertiary/aromatic N) is 1. The van der Waals surface area contributed by atoms with E-state index in [4.69, 9.17) is 0 Å². The minimum Gasteiger partial charge on any atom is -0.324 e. The van der Waals surface area contributed by atoms with Crippen molar-refractivity contribution in [1.82, 2.24) is 4.90 Å². The zero-order valence-corrected chi connectivity index (χ0v) is 18.0. The van der Waals surface area contributed by atoms with Gasteiger partial charge >= 0.3 is 0 Å². The van der Waals surface area contributed by atoms with Gasteiger partial charge in [-0.2, -0.15) is 0 Å². The number of hydrogen-bond donors (Lipinski definition) is 1. The Labute approximate surface area is 177 Å². The van der Waals surface area contributed by atoms with Crippen molar-refractivity contribution < 1.29 is 9.59 Å². The van der Waals surface area contributed by atoms with Crippen LogP contribution in [-0.4, -0.2) is 23.3 Å². The fraction of sp³-hybridized carbons (Fsp3) is 0.100. The van der Waals surface area contributed by atoms with Crippen molar-refractivity contribution in [2.24, 2.45) is 0 Å². The third-order valence-electron chi connectivity index (χ3n) is 4.37. The van der Waals surface area contributed by atoms with E-state index in [9.17, 15) is 9.59 Å². The van der Waals surface area contributed by atoms with Crippen molar-refractivity contribution >= 4 is 60.7 Å². The van der Waals surface area contributed by atoms with Gasteiger partial charge in [0.05, 0.1) is 6.04 Å². The summed E-state index contributed by atoms with van der Waals surface area (Å²) in [6.45, 7) is -0.0102. The summed E-state index contributed by atoms with van der Waals surface area (Å²) >= 11 is 8.48. The number of fused-ring (bicyclic) bond motifs is 1. The zero-order chi connectivity index (χ0) is 19.0. The Hall–Kier alpha value is -1.96. The molecule has 136 valence electrons. The lowest BCUT2D eigenvalue weighted by Gasteiger charge is -2.29. The molecule has 1 aromatic heterocycles. The number of rotatable bonds is 2. The van der Waals surface area contributed by atoms with E-state index in [-0.39, 0.29) is 24.4 Å². The van der Waals surface area contributed by atoms with Crippen molar-refractivity contribution in [2.75, 3.05) is 11.9 Å². The van der Waals surface area contributed by atoms with Crippen LogP contribution in [0.15, 0.2) is 68.9 Å². The maximum absolute atomic E-state index is 13.3. The average Bonchev–Trinajstić information content (AvgIpc) is 3.13. The second-order valence-corrected chi connectivity index (χ2v) is 8.95. The van der Waals surface area contributed by atoms with Crippen LogP contribution in [-0.2, 0) is 4.79 Å². The highest BCUT2D eigenvalue weighted by atomic mass is 79.9. The number of hydrogen-bond acceptors (Lipinski definition) is 3. The summed E-state index contributed by atoms with van der Waals surface area (Å²) in [6, 6.07) is 16.5. The highest BCUT2D eigenvalue weighted by Gasteiger charge is 2.34. The Kier molecular flexibility index (Phi) is 5.16. The smallest absolute Gasteiger partial charge is 0.255 e. The van der Waals surface area contributed by atoms with E-state index >= 15 is 0 Å². The third kappa shape index (κ3) is 3.72. The van der Waals surface area contributed by atoms with E-state index in [1.807, 2.05) is 47.8 Å². The molecule has 4 nitrogen and oxygen atoms in total. The van der Waals surface area contributed by atoms with Gasteiger partial charge in [0.15, 0.2) is 0 Å². The van der Waals surface area contributed by atoms with Gasteiger partial charge in [-0.1, -0.05) is 37.9 Å². The second-order valence-electron chi connectivity index (χ2n) is 6.14. The summed E-state index contributed by atoms with van der Waals surface area (Å²) in [4.78, 5) is 28.5. The number of halogens is 2. The van der Waals surface area contributed by atoms with Crippen molar-refractivity contribution in [2.45, 2.75) is 6.04 Å². The average molecular weight is 506 g/mol. The SMILES string of the molecule is O=C1CN(C(=O)c2ccc(Br)cc2)C(c2cccs2)c2cc(Br)ccc2N1. The largest absolute Gasteiger partial charge is 0.324 e. The van der Waals surface area contributed by atoms with Gasteiger partial charge in [0, 0.05) is 30.6 Å². The molecule has 4 rings (SSSR count). The fourth-order valence-corrected chi connectivity index (χ4v) is 4.68. The molecule has 0 saturated carbocycles. The molecule has 7 heteroatoms. The topological polar surface area (TPSA) is 49.4 Å². The van der Waals surface area contributed by atoms with Crippen LogP contribution in [0, 0.1) is 0 Å². The maximum Gasteiger partial charge on any atom is 0.255 e. The summed E-state index contributed by atoms with van der Waals surface area (Å²) in [5, 5.41) is 4.91. The van der Waals surface area contributed by atoms with Crippen LogP contribution in [0.4, 0.5) is 5.69 Å². The minimum absolute atomic E-state index is 0.0102. The second kappa shape index (κ2) is 7.58. The summed E-state index contributed by atoms with van der Waals surface area (Å²) in [5.41, 5.74) is 2.17. The Balaban J connectivity index is 1.86. The monoisotopic (exact) mass is 504 g/mol. The molecule has 0 saturated heterocycles. The van der Waals surface area contributed by atoms with Crippen molar-refractivity contribution in [3.63, 3.8) is 0 Å². The van der Waals surface area contributed by atoms with Gasteiger partial charge in [0.25, 0.3) is 5.91 Å². The van der Waals surface area contributed by atoms with E-state index < -0.39 is 0 Å². The number of benzene rings is 2. The lowest BCUT2D eigenvalue weighted by atomic mass is 10.0. The summed E-state index contributed by atoms with van der Waals surface area (Å²) in [7, 11) is 0. The van der Waals surface area contributed by atoms with Gasteiger partial charge in [-0.15, -0.1) is 11.3 Å². The van der Waals surface area contributed by atoms with Crippen LogP contribution in [0.5, 0.6) is 0 Å². The van der Waals surface area contributed by atoms with E-state index in [1.54, 1.807) is 28.4 Å².